The highest BCUT2D eigenvalue weighted by Gasteiger charge is 2.24. The summed E-state index contributed by atoms with van der Waals surface area (Å²) in [5, 5.41) is 2.67. The molecular formula is C21H24N2O7S. The number of amides is 1. The molecule has 0 saturated heterocycles. The summed E-state index contributed by atoms with van der Waals surface area (Å²) >= 11 is 0. The Bertz CT molecular complexity index is 1100. The molecule has 1 amide bonds. The molecular weight excluding hydrogens is 424 g/mol. The van der Waals surface area contributed by atoms with Crippen molar-refractivity contribution in [1.29, 1.82) is 0 Å². The van der Waals surface area contributed by atoms with Crippen LogP contribution in [0.5, 0.6) is 11.5 Å². The quantitative estimate of drug-likeness (QED) is 0.647. The van der Waals surface area contributed by atoms with Crippen LogP contribution in [0.25, 0.3) is 0 Å². The highest BCUT2D eigenvalue weighted by molar-refractivity contribution is 7.92. The van der Waals surface area contributed by atoms with Gasteiger partial charge in [-0.25, -0.2) is 13.2 Å². The van der Waals surface area contributed by atoms with E-state index in [4.69, 9.17) is 14.2 Å². The van der Waals surface area contributed by atoms with Crippen molar-refractivity contribution in [3.05, 3.63) is 47.5 Å². The number of anilines is 2. The fourth-order valence-electron chi connectivity index (χ4n) is 3.11. The summed E-state index contributed by atoms with van der Waals surface area (Å²) < 4.78 is 41.7. The first-order valence-electron chi connectivity index (χ1n) is 9.64. The molecule has 2 aromatic carbocycles. The molecule has 0 unspecified atom stereocenters. The monoisotopic (exact) mass is 448 g/mol. The molecule has 0 aliphatic carbocycles. The summed E-state index contributed by atoms with van der Waals surface area (Å²) in [6, 6.07) is 9.52. The van der Waals surface area contributed by atoms with Crippen molar-refractivity contribution in [3.8, 4) is 11.5 Å². The molecule has 9 nitrogen and oxygen atoms in total. The second-order valence-electron chi connectivity index (χ2n) is 6.84. The summed E-state index contributed by atoms with van der Waals surface area (Å²) in [6.07, 6.45) is 1.02. The summed E-state index contributed by atoms with van der Waals surface area (Å²) in [6.45, 7) is 3.92. The fraction of sp³-hybridized carbons (Fsp3) is 0.333. The van der Waals surface area contributed by atoms with Crippen LogP contribution < -0.4 is 19.1 Å². The van der Waals surface area contributed by atoms with Gasteiger partial charge in [-0.3, -0.25) is 9.10 Å². The highest BCUT2D eigenvalue weighted by Crippen LogP contribution is 2.34. The van der Waals surface area contributed by atoms with E-state index in [2.05, 4.69) is 5.32 Å². The zero-order valence-corrected chi connectivity index (χ0v) is 18.3. The number of ether oxygens (including phenoxy) is 3. The lowest BCUT2D eigenvalue weighted by molar-refractivity contribution is -0.114. The Labute approximate surface area is 181 Å². The number of carbonyl (C=O) groups excluding carboxylic acids is 2. The molecule has 0 spiro atoms. The number of nitrogens with one attached hydrogen (secondary N) is 1. The average Bonchev–Trinajstić information content (AvgIpc) is 2.72. The molecule has 10 heteroatoms. The third-order valence-electron chi connectivity index (χ3n) is 4.60. The minimum atomic E-state index is -3.77. The maximum Gasteiger partial charge on any atom is 0.338 e. The first kappa shape index (κ1) is 22.4. The lowest BCUT2D eigenvalue weighted by Gasteiger charge is -2.25. The molecule has 3 rings (SSSR count). The SMILES string of the molecule is CCOC(=O)c1cccc(NC(=O)CN(c2ccc3c(c2)OCCO3)S(C)(=O)=O)c1C. The van der Waals surface area contributed by atoms with E-state index in [1.54, 1.807) is 44.2 Å². The molecule has 31 heavy (non-hydrogen) atoms. The number of nitrogens with zero attached hydrogens (tertiary/aromatic N) is 1. The number of sulfonamides is 1. The Morgan fingerprint density at radius 3 is 2.52 bits per heavy atom. The first-order valence-corrected chi connectivity index (χ1v) is 11.5. The van der Waals surface area contributed by atoms with E-state index < -0.39 is 28.4 Å². The maximum atomic E-state index is 12.7. The number of rotatable bonds is 7. The maximum absolute atomic E-state index is 12.7. The summed E-state index contributed by atoms with van der Waals surface area (Å²) in [5.41, 5.74) is 1.52. The molecule has 0 saturated carbocycles. The van der Waals surface area contributed by atoms with Gasteiger partial charge in [0.2, 0.25) is 15.9 Å². The molecule has 1 N–H and O–H groups in total. The van der Waals surface area contributed by atoms with Crippen LogP contribution in [0.4, 0.5) is 11.4 Å². The zero-order valence-electron chi connectivity index (χ0n) is 17.5. The van der Waals surface area contributed by atoms with E-state index in [1.165, 1.54) is 6.07 Å². The van der Waals surface area contributed by atoms with Gasteiger partial charge < -0.3 is 19.5 Å². The van der Waals surface area contributed by atoms with Crippen molar-refractivity contribution < 1.29 is 32.2 Å². The third-order valence-corrected chi connectivity index (χ3v) is 5.75. The molecule has 1 aliphatic heterocycles. The second kappa shape index (κ2) is 9.25. The zero-order chi connectivity index (χ0) is 22.6. The van der Waals surface area contributed by atoms with Crippen molar-refractivity contribution >= 4 is 33.3 Å². The Morgan fingerprint density at radius 2 is 1.84 bits per heavy atom. The molecule has 1 aliphatic rings. The number of hydrogen-bond donors (Lipinski definition) is 1. The highest BCUT2D eigenvalue weighted by atomic mass is 32.2. The van der Waals surface area contributed by atoms with Crippen LogP contribution >= 0.6 is 0 Å². The van der Waals surface area contributed by atoms with Crippen LogP contribution in [0.1, 0.15) is 22.8 Å². The van der Waals surface area contributed by atoms with Gasteiger partial charge in [-0.1, -0.05) is 6.07 Å². The summed E-state index contributed by atoms with van der Waals surface area (Å²) in [4.78, 5) is 24.8. The van der Waals surface area contributed by atoms with E-state index in [-0.39, 0.29) is 12.3 Å². The Kier molecular flexibility index (Phi) is 6.69. The van der Waals surface area contributed by atoms with Crippen molar-refractivity contribution in [1.82, 2.24) is 0 Å². The van der Waals surface area contributed by atoms with Crippen molar-refractivity contribution in [2.45, 2.75) is 13.8 Å². The van der Waals surface area contributed by atoms with Gasteiger partial charge in [-0.2, -0.15) is 0 Å². The molecule has 2 aromatic rings. The van der Waals surface area contributed by atoms with Crippen LogP contribution in [0.15, 0.2) is 36.4 Å². The van der Waals surface area contributed by atoms with E-state index in [9.17, 15) is 18.0 Å². The van der Waals surface area contributed by atoms with E-state index >= 15 is 0 Å². The molecule has 0 radical (unpaired) electrons. The lowest BCUT2D eigenvalue weighted by atomic mass is 10.1. The first-order chi connectivity index (χ1) is 14.7. The average molecular weight is 448 g/mol. The smallest absolute Gasteiger partial charge is 0.338 e. The van der Waals surface area contributed by atoms with Crippen molar-refractivity contribution in [2.75, 3.05) is 42.2 Å². The van der Waals surface area contributed by atoms with Gasteiger partial charge in [0, 0.05) is 11.8 Å². The number of benzene rings is 2. The predicted octanol–water partition coefficient (Wildman–Crippen LogP) is 2.35. The number of esters is 1. The standard InChI is InChI=1S/C21H24N2O7S/c1-4-28-21(25)16-6-5-7-17(14(16)2)22-20(24)13-23(31(3,26)27)15-8-9-18-19(12-15)30-11-10-29-18/h5-9,12H,4,10-11,13H2,1-3H3,(H,22,24). The molecule has 0 fully saturated rings. The van der Waals surface area contributed by atoms with Crippen LogP contribution in [0.3, 0.4) is 0 Å². The topological polar surface area (TPSA) is 111 Å². The molecule has 0 aromatic heterocycles. The summed E-state index contributed by atoms with van der Waals surface area (Å²) in [5.74, 6) is -0.135. The summed E-state index contributed by atoms with van der Waals surface area (Å²) in [7, 11) is -3.77. The van der Waals surface area contributed by atoms with Crippen LogP contribution in [0.2, 0.25) is 0 Å². The van der Waals surface area contributed by atoms with Crippen LogP contribution in [-0.4, -0.2) is 52.9 Å². The fourth-order valence-corrected chi connectivity index (χ4v) is 3.96. The van der Waals surface area contributed by atoms with E-state index in [0.717, 1.165) is 10.6 Å². The molecule has 0 atom stereocenters. The third kappa shape index (κ3) is 5.26. The van der Waals surface area contributed by atoms with Gasteiger partial charge in [0.1, 0.15) is 19.8 Å². The van der Waals surface area contributed by atoms with Crippen molar-refractivity contribution in [3.63, 3.8) is 0 Å². The molecule has 1 heterocycles. The molecule has 166 valence electrons. The van der Waals surface area contributed by atoms with Gasteiger partial charge in [0.05, 0.1) is 24.1 Å². The minimum Gasteiger partial charge on any atom is -0.486 e. The Balaban J connectivity index is 1.82. The normalized spacial score (nSPS) is 12.7. The van der Waals surface area contributed by atoms with Gasteiger partial charge in [-0.05, 0) is 43.7 Å². The lowest BCUT2D eigenvalue weighted by Crippen LogP contribution is -2.37. The number of fused-ring (bicyclic) bond motifs is 1. The largest absolute Gasteiger partial charge is 0.486 e. The van der Waals surface area contributed by atoms with E-state index in [1.807, 2.05) is 0 Å². The Hall–Kier alpha value is -3.27. The second-order valence-corrected chi connectivity index (χ2v) is 8.75. The van der Waals surface area contributed by atoms with Gasteiger partial charge in [-0.15, -0.1) is 0 Å². The van der Waals surface area contributed by atoms with Gasteiger partial charge >= 0.3 is 5.97 Å². The number of carbonyl (C=O) groups is 2. The van der Waals surface area contributed by atoms with E-state index in [0.29, 0.717) is 41.5 Å². The minimum absolute atomic E-state index is 0.230. The van der Waals surface area contributed by atoms with Gasteiger partial charge in [0.15, 0.2) is 11.5 Å². The van der Waals surface area contributed by atoms with Gasteiger partial charge in [0.25, 0.3) is 0 Å². The number of hydrogen-bond acceptors (Lipinski definition) is 7. The predicted molar refractivity (Wildman–Crippen MR) is 115 cm³/mol. The Morgan fingerprint density at radius 1 is 1.13 bits per heavy atom. The van der Waals surface area contributed by atoms with Crippen LogP contribution in [0, 0.1) is 6.92 Å². The molecule has 0 bridgehead atoms. The van der Waals surface area contributed by atoms with Crippen molar-refractivity contribution in [2.24, 2.45) is 0 Å². The van der Waals surface area contributed by atoms with Crippen LogP contribution in [-0.2, 0) is 19.6 Å².